The van der Waals surface area contributed by atoms with Crippen LogP contribution in [0.3, 0.4) is 0 Å². The van der Waals surface area contributed by atoms with Crippen LogP contribution >= 0.6 is 0 Å². The van der Waals surface area contributed by atoms with Crippen molar-refractivity contribution < 1.29 is 18.0 Å². The summed E-state index contributed by atoms with van der Waals surface area (Å²) in [5.74, 6) is 0.0218. The summed E-state index contributed by atoms with van der Waals surface area (Å²) in [5.41, 5.74) is 6.88. The zero-order chi connectivity index (χ0) is 24.1. The molecular weight excluding hydrogens is 451 g/mol. The molecular formula is C21H18F3N9O. The fourth-order valence-corrected chi connectivity index (χ4v) is 4.05. The fourth-order valence-electron chi connectivity index (χ4n) is 4.05. The van der Waals surface area contributed by atoms with Gasteiger partial charge >= 0.3 is 6.18 Å². The normalized spacial score (nSPS) is 17.7. The van der Waals surface area contributed by atoms with Crippen molar-refractivity contribution in [3.05, 3.63) is 53.9 Å². The number of fused-ring (bicyclic) bond motifs is 2. The van der Waals surface area contributed by atoms with E-state index in [4.69, 9.17) is 5.73 Å². The van der Waals surface area contributed by atoms with Crippen LogP contribution in [0.15, 0.2) is 36.9 Å². The van der Waals surface area contributed by atoms with Crippen LogP contribution in [0.5, 0.6) is 0 Å². The van der Waals surface area contributed by atoms with Crippen LogP contribution in [-0.4, -0.2) is 46.6 Å². The molecule has 10 nitrogen and oxygen atoms in total. The lowest BCUT2D eigenvalue weighted by Crippen LogP contribution is -2.33. The van der Waals surface area contributed by atoms with Crippen LogP contribution in [0.2, 0.25) is 0 Å². The molecule has 174 valence electrons. The van der Waals surface area contributed by atoms with Crippen LogP contribution < -0.4 is 11.1 Å². The SMILES string of the molecule is CC1(c2ccccn2)C(=O)Nc2nc(-c3cn4ncnc4c(CCCC(F)(F)F)n3)nc(N)c21. The van der Waals surface area contributed by atoms with Crippen LogP contribution in [0.25, 0.3) is 17.2 Å². The maximum Gasteiger partial charge on any atom is 0.389 e. The number of aryl methyl sites for hydroxylation is 1. The number of nitrogens with one attached hydrogen (secondary N) is 1. The number of nitrogens with zero attached hydrogens (tertiary/aromatic N) is 7. The Bertz CT molecular complexity index is 1400. The van der Waals surface area contributed by atoms with Gasteiger partial charge < -0.3 is 11.1 Å². The smallest absolute Gasteiger partial charge is 0.383 e. The van der Waals surface area contributed by atoms with Crippen LogP contribution in [0, 0.1) is 0 Å². The second-order valence-corrected chi connectivity index (χ2v) is 8.02. The highest BCUT2D eigenvalue weighted by atomic mass is 19.4. The number of pyridine rings is 1. The maximum absolute atomic E-state index is 12.9. The average molecular weight is 469 g/mol. The Kier molecular flexibility index (Phi) is 4.92. The molecule has 0 bridgehead atoms. The quantitative estimate of drug-likeness (QED) is 0.455. The van der Waals surface area contributed by atoms with E-state index in [1.807, 2.05) is 0 Å². The molecule has 1 unspecified atom stereocenters. The number of carbonyl (C=O) groups excluding carboxylic acids is 1. The van der Waals surface area contributed by atoms with Gasteiger partial charge in [0.15, 0.2) is 11.5 Å². The molecule has 0 saturated heterocycles. The van der Waals surface area contributed by atoms with Crippen molar-refractivity contribution in [3.8, 4) is 11.5 Å². The van der Waals surface area contributed by atoms with Crippen molar-refractivity contribution in [1.29, 1.82) is 0 Å². The molecule has 4 aromatic heterocycles. The Morgan fingerprint density at radius 1 is 1.18 bits per heavy atom. The number of hydrogen-bond acceptors (Lipinski definition) is 8. The molecule has 5 rings (SSSR count). The number of nitrogens with two attached hydrogens (primary N) is 1. The van der Waals surface area contributed by atoms with Gasteiger partial charge in [0.25, 0.3) is 0 Å². The van der Waals surface area contributed by atoms with E-state index in [9.17, 15) is 18.0 Å². The second-order valence-electron chi connectivity index (χ2n) is 8.02. The highest BCUT2D eigenvalue weighted by Gasteiger charge is 2.48. The highest BCUT2D eigenvalue weighted by molar-refractivity contribution is 6.08. The number of aromatic nitrogens is 7. The minimum Gasteiger partial charge on any atom is -0.383 e. The molecule has 0 spiro atoms. The summed E-state index contributed by atoms with van der Waals surface area (Å²) >= 11 is 0. The zero-order valence-corrected chi connectivity index (χ0v) is 17.8. The average Bonchev–Trinajstić information content (AvgIpc) is 3.36. The molecule has 13 heteroatoms. The Labute approximate surface area is 190 Å². The van der Waals surface area contributed by atoms with Gasteiger partial charge in [0.1, 0.15) is 29.1 Å². The largest absolute Gasteiger partial charge is 0.389 e. The van der Waals surface area contributed by atoms with E-state index in [0.29, 0.717) is 22.6 Å². The van der Waals surface area contributed by atoms with E-state index in [0.717, 1.165) is 0 Å². The number of alkyl halides is 3. The van der Waals surface area contributed by atoms with E-state index >= 15 is 0 Å². The first kappa shape index (κ1) is 21.7. The minimum atomic E-state index is -4.27. The lowest BCUT2D eigenvalue weighted by atomic mass is 9.81. The van der Waals surface area contributed by atoms with Crippen molar-refractivity contribution in [2.45, 2.75) is 37.8 Å². The summed E-state index contributed by atoms with van der Waals surface area (Å²) in [6.07, 6.45) is -0.972. The number of carbonyl (C=O) groups is 1. The van der Waals surface area contributed by atoms with Crippen LogP contribution in [0.1, 0.15) is 36.7 Å². The first-order valence-corrected chi connectivity index (χ1v) is 10.3. The van der Waals surface area contributed by atoms with E-state index in [2.05, 4.69) is 35.3 Å². The topological polar surface area (TPSA) is 137 Å². The first-order chi connectivity index (χ1) is 16.2. The predicted molar refractivity (Wildman–Crippen MR) is 115 cm³/mol. The van der Waals surface area contributed by atoms with Gasteiger partial charge in [-0.1, -0.05) is 6.07 Å². The van der Waals surface area contributed by atoms with E-state index < -0.39 is 18.0 Å². The van der Waals surface area contributed by atoms with Crippen LogP contribution in [0.4, 0.5) is 24.8 Å². The summed E-state index contributed by atoms with van der Waals surface area (Å²) in [6.45, 7) is 1.69. The molecule has 5 heterocycles. The highest BCUT2D eigenvalue weighted by Crippen LogP contribution is 2.44. The van der Waals surface area contributed by atoms with Crippen molar-refractivity contribution in [3.63, 3.8) is 0 Å². The van der Waals surface area contributed by atoms with Gasteiger partial charge in [-0.15, -0.1) is 0 Å². The fraction of sp³-hybridized carbons (Fsp3) is 0.286. The predicted octanol–water partition coefficient (Wildman–Crippen LogP) is 2.70. The van der Waals surface area contributed by atoms with Gasteiger partial charge in [-0.05, 0) is 31.9 Å². The number of rotatable bonds is 5. The third kappa shape index (κ3) is 3.58. The molecule has 1 amide bonds. The second kappa shape index (κ2) is 7.71. The Morgan fingerprint density at radius 3 is 2.74 bits per heavy atom. The molecule has 34 heavy (non-hydrogen) atoms. The summed E-state index contributed by atoms with van der Waals surface area (Å²) in [7, 11) is 0. The van der Waals surface area contributed by atoms with Gasteiger partial charge in [0.2, 0.25) is 5.91 Å². The Balaban J connectivity index is 1.56. The van der Waals surface area contributed by atoms with E-state index in [1.54, 1.807) is 31.3 Å². The minimum absolute atomic E-state index is 0.0322. The molecule has 1 aliphatic rings. The van der Waals surface area contributed by atoms with Crippen molar-refractivity contribution >= 4 is 23.2 Å². The Hall–Kier alpha value is -4.16. The lowest BCUT2D eigenvalue weighted by Gasteiger charge is -2.22. The molecule has 1 atom stereocenters. The zero-order valence-electron chi connectivity index (χ0n) is 17.8. The van der Waals surface area contributed by atoms with Gasteiger partial charge in [-0.2, -0.15) is 18.3 Å². The summed E-state index contributed by atoms with van der Waals surface area (Å²) in [4.78, 5) is 34.6. The first-order valence-electron chi connectivity index (χ1n) is 10.3. The summed E-state index contributed by atoms with van der Waals surface area (Å²) < 4.78 is 39.3. The number of anilines is 2. The number of amides is 1. The van der Waals surface area contributed by atoms with Crippen molar-refractivity contribution in [2.24, 2.45) is 0 Å². The summed E-state index contributed by atoms with van der Waals surface area (Å²) in [6, 6.07) is 5.22. The van der Waals surface area contributed by atoms with E-state index in [1.165, 1.54) is 17.0 Å². The molecule has 0 saturated carbocycles. The van der Waals surface area contributed by atoms with Crippen LogP contribution in [-0.2, 0) is 16.6 Å². The van der Waals surface area contributed by atoms with Gasteiger partial charge in [0.05, 0.1) is 23.1 Å². The number of hydrogen-bond donors (Lipinski definition) is 2. The monoisotopic (exact) mass is 469 g/mol. The molecule has 0 fully saturated rings. The van der Waals surface area contributed by atoms with E-state index in [-0.39, 0.29) is 41.9 Å². The maximum atomic E-state index is 12.9. The van der Waals surface area contributed by atoms with Gasteiger partial charge in [-0.3, -0.25) is 9.78 Å². The number of halogens is 3. The third-order valence-corrected chi connectivity index (χ3v) is 5.73. The molecule has 0 aliphatic carbocycles. The molecule has 3 N–H and O–H groups in total. The number of nitrogen functional groups attached to an aromatic ring is 1. The lowest BCUT2D eigenvalue weighted by molar-refractivity contribution is -0.135. The van der Waals surface area contributed by atoms with Gasteiger partial charge in [-0.25, -0.2) is 24.5 Å². The standard InChI is InChI=1S/C21H18F3N9O/c1-20(13-6-2-3-8-26-13)14-15(25)30-16(31-17(14)32-19(20)34)12-9-33-18(27-10-28-33)11(29-12)5-4-7-21(22,23)24/h2-3,6,8-10H,4-5,7H2,1H3,(H3,25,30,31,32,34). The molecule has 0 aromatic carbocycles. The van der Waals surface area contributed by atoms with Crippen molar-refractivity contribution in [1.82, 2.24) is 34.5 Å². The third-order valence-electron chi connectivity index (χ3n) is 5.73. The van der Waals surface area contributed by atoms with Crippen molar-refractivity contribution in [2.75, 3.05) is 11.1 Å². The Morgan fingerprint density at radius 2 is 2.00 bits per heavy atom. The summed E-state index contributed by atoms with van der Waals surface area (Å²) in [5, 5.41) is 6.81. The molecule has 1 aliphatic heterocycles. The van der Waals surface area contributed by atoms with Gasteiger partial charge in [0, 0.05) is 12.6 Å². The molecule has 0 radical (unpaired) electrons. The molecule has 4 aromatic rings.